The summed E-state index contributed by atoms with van der Waals surface area (Å²) in [6.45, 7) is 5.22. The van der Waals surface area contributed by atoms with Gasteiger partial charge in [0.05, 0.1) is 17.0 Å². The SMILES string of the molecule is CCc1nnc(C)cc1C(=O)N(CCCN)C1CC1. The monoisotopic (exact) mass is 262 g/mol. The highest BCUT2D eigenvalue weighted by atomic mass is 16.2. The van der Waals surface area contributed by atoms with E-state index in [1.54, 1.807) is 0 Å². The van der Waals surface area contributed by atoms with Crippen LogP contribution < -0.4 is 5.73 Å². The van der Waals surface area contributed by atoms with Gasteiger partial charge in [-0.25, -0.2) is 0 Å². The molecule has 1 aromatic heterocycles. The third-order valence-electron chi connectivity index (χ3n) is 3.41. The van der Waals surface area contributed by atoms with Gasteiger partial charge in [-0.3, -0.25) is 4.79 Å². The number of nitrogens with zero attached hydrogens (tertiary/aromatic N) is 3. The van der Waals surface area contributed by atoms with Crippen LogP contribution >= 0.6 is 0 Å². The number of hydrogen-bond donors (Lipinski definition) is 1. The van der Waals surface area contributed by atoms with Crippen LogP contribution in [0.25, 0.3) is 0 Å². The van der Waals surface area contributed by atoms with E-state index in [-0.39, 0.29) is 5.91 Å². The highest BCUT2D eigenvalue weighted by molar-refractivity contribution is 5.95. The first-order valence-electron chi connectivity index (χ1n) is 7.01. The van der Waals surface area contributed by atoms with Gasteiger partial charge >= 0.3 is 0 Å². The molecule has 0 aliphatic heterocycles. The van der Waals surface area contributed by atoms with Crippen LogP contribution in [0.1, 0.15) is 47.9 Å². The molecule has 1 heterocycles. The van der Waals surface area contributed by atoms with Crippen molar-refractivity contribution in [2.75, 3.05) is 13.1 Å². The third kappa shape index (κ3) is 3.29. The minimum absolute atomic E-state index is 0.0887. The Morgan fingerprint density at radius 2 is 2.21 bits per heavy atom. The van der Waals surface area contributed by atoms with E-state index in [4.69, 9.17) is 5.73 Å². The zero-order valence-corrected chi connectivity index (χ0v) is 11.7. The standard InChI is InChI=1S/C14H22N4O/c1-3-13-12(9-10(2)16-17-13)14(19)18(8-4-7-15)11-5-6-11/h9,11H,3-8,15H2,1-2H3. The Morgan fingerprint density at radius 3 is 2.79 bits per heavy atom. The summed E-state index contributed by atoms with van der Waals surface area (Å²) in [6.07, 6.45) is 3.79. The molecular weight excluding hydrogens is 240 g/mol. The van der Waals surface area contributed by atoms with Gasteiger partial charge in [-0.2, -0.15) is 10.2 Å². The Morgan fingerprint density at radius 1 is 1.47 bits per heavy atom. The first-order chi connectivity index (χ1) is 9.17. The maximum absolute atomic E-state index is 12.7. The van der Waals surface area contributed by atoms with Gasteiger partial charge in [0, 0.05) is 12.6 Å². The fourth-order valence-corrected chi connectivity index (χ4v) is 2.21. The molecule has 1 saturated carbocycles. The summed E-state index contributed by atoms with van der Waals surface area (Å²) < 4.78 is 0. The first-order valence-corrected chi connectivity index (χ1v) is 7.01. The molecule has 2 N–H and O–H groups in total. The van der Waals surface area contributed by atoms with Crippen LogP contribution in [0.2, 0.25) is 0 Å². The van der Waals surface area contributed by atoms with Crippen molar-refractivity contribution in [2.45, 2.75) is 45.6 Å². The zero-order chi connectivity index (χ0) is 13.8. The van der Waals surface area contributed by atoms with Crippen molar-refractivity contribution in [3.05, 3.63) is 23.0 Å². The van der Waals surface area contributed by atoms with E-state index in [0.29, 0.717) is 18.2 Å². The van der Waals surface area contributed by atoms with Crippen LogP contribution in [0.5, 0.6) is 0 Å². The van der Waals surface area contributed by atoms with Gasteiger partial charge < -0.3 is 10.6 Å². The number of hydrogen-bond acceptors (Lipinski definition) is 4. The second kappa shape index (κ2) is 6.10. The molecule has 0 unspecified atom stereocenters. The van der Waals surface area contributed by atoms with Crippen LogP contribution in [0, 0.1) is 6.92 Å². The van der Waals surface area contributed by atoms with Crippen LogP contribution in [0.15, 0.2) is 6.07 Å². The highest BCUT2D eigenvalue weighted by Crippen LogP contribution is 2.28. The lowest BCUT2D eigenvalue weighted by Gasteiger charge is -2.23. The highest BCUT2D eigenvalue weighted by Gasteiger charge is 2.33. The molecule has 0 saturated heterocycles. The molecule has 1 aliphatic rings. The molecule has 1 aliphatic carbocycles. The molecule has 0 spiro atoms. The lowest BCUT2D eigenvalue weighted by molar-refractivity contribution is 0.0740. The van der Waals surface area contributed by atoms with Crippen molar-refractivity contribution in [1.29, 1.82) is 0 Å². The molecule has 2 rings (SSSR count). The molecule has 5 heteroatoms. The number of carbonyl (C=O) groups excluding carboxylic acids is 1. The number of aryl methyl sites for hydroxylation is 2. The fraction of sp³-hybridized carbons (Fsp3) is 0.643. The van der Waals surface area contributed by atoms with Crippen molar-refractivity contribution in [2.24, 2.45) is 5.73 Å². The topological polar surface area (TPSA) is 72.1 Å². The Hall–Kier alpha value is -1.49. The second-order valence-corrected chi connectivity index (χ2v) is 5.07. The molecule has 0 atom stereocenters. The Bertz CT molecular complexity index is 457. The molecular formula is C14H22N4O. The lowest BCUT2D eigenvalue weighted by atomic mass is 10.1. The van der Waals surface area contributed by atoms with Gasteiger partial charge in [-0.15, -0.1) is 0 Å². The maximum Gasteiger partial charge on any atom is 0.256 e. The summed E-state index contributed by atoms with van der Waals surface area (Å²) in [6, 6.07) is 2.25. The summed E-state index contributed by atoms with van der Waals surface area (Å²) in [4.78, 5) is 14.6. The molecule has 19 heavy (non-hydrogen) atoms. The average molecular weight is 262 g/mol. The second-order valence-electron chi connectivity index (χ2n) is 5.07. The van der Waals surface area contributed by atoms with Crippen LogP contribution in [0.3, 0.4) is 0 Å². The first kappa shape index (κ1) is 13.9. The lowest BCUT2D eigenvalue weighted by Crippen LogP contribution is -2.35. The normalized spacial score (nSPS) is 14.5. The molecule has 1 fully saturated rings. The van der Waals surface area contributed by atoms with E-state index in [1.165, 1.54) is 0 Å². The minimum Gasteiger partial charge on any atom is -0.336 e. The van der Waals surface area contributed by atoms with Crippen molar-refractivity contribution >= 4 is 5.91 Å². The average Bonchev–Trinajstić information content (AvgIpc) is 3.23. The van der Waals surface area contributed by atoms with E-state index >= 15 is 0 Å². The summed E-state index contributed by atoms with van der Waals surface area (Å²) >= 11 is 0. The van der Waals surface area contributed by atoms with Crippen LogP contribution in [0.4, 0.5) is 0 Å². The van der Waals surface area contributed by atoms with E-state index in [2.05, 4.69) is 10.2 Å². The summed E-state index contributed by atoms with van der Waals surface area (Å²) in [5.74, 6) is 0.0887. The maximum atomic E-state index is 12.7. The van der Waals surface area contributed by atoms with E-state index in [0.717, 1.165) is 43.6 Å². The Kier molecular flexibility index (Phi) is 4.47. The molecule has 0 aromatic carbocycles. The van der Waals surface area contributed by atoms with Crippen molar-refractivity contribution in [3.63, 3.8) is 0 Å². The number of amides is 1. The van der Waals surface area contributed by atoms with Gasteiger partial charge in [0.25, 0.3) is 5.91 Å². The zero-order valence-electron chi connectivity index (χ0n) is 11.7. The minimum atomic E-state index is 0.0887. The van der Waals surface area contributed by atoms with Crippen molar-refractivity contribution in [3.8, 4) is 0 Å². The molecule has 104 valence electrons. The van der Waals surface area contributed by atoms with E-state index in [1.807, 2.05) is 24.8 Å². The summed E-state index contributed by atoms with van der Waals surface area (Å²) in [5.41, 5.74) is 7.84. The fourth-order valence-electron chi connectivity index (χ4n) is 2.21. The van der Waals surface area contributed by atoms with Crippen molar-refractivity contribution < 1.29 is 4.79 Å². The summed E-state index contributed by atoms with van der Waals surface area (Å²) in [5, 5.41) is 8.17. The van der Waals surface area contributed by atoms with Gasteiger partial charge in [-0.1, -0.05) is 6.92 Å². The molecule has 5 nitrogen and oxygen atoms in total. The quantitative estimate of drug-likeness (QED) is 0.838. The predicted octanol–water partition coefficient (Wildman–Crippen LogP) is 1.30. The predicted molar refractivity (Wildman–Crippen MR) is 73.9 cm³/mol. The van der Waals surface area contributed by atoms with Gasteiger partial charge in [-0.05, 0) is 45.2 Å². The number of rotatable bonds is 6. The Labute approximate surface area is 114 Å². The largest absolute Gasteiger partial charge is 0.336 e. The summed E-state index contributed by atoms with van der Waals surface area (Å²) in [7, 11) is 0. The molecule has 1 amide bonds. The number of aromatic nitrogens is 2. The number of carbonyl (C=O) groups is 1. The van der Waals surface area contributed by atoms with Gasteiger partial charge in [0.1, 0.15) is 0 Å². The molecule has 0 radical (unpaired) electrons. The van der Waals surface area contributed by atoms with Gasteiger partial charge in [0.15, 0.2) is 0 Å². The third-order valence-corrected chi connectivity index (χ3v) is 3.41. The molecule has 0 bridgehead atoms. The Balaban J connectivity index is 2.22. The van der Waals surface area contributed by atoms with Gasteiger partial charge in [0.2, 0.25) is 0 Å². The van der Waals surface area contributed by atoms with E-state index < -0.39 is 0 Å². The van der Waals surface area contributed by atoms with E-state index in [9.17, 15) is 4.79 Å². The number of nitrogens with two attached hydrogens (primary N) is 1. The van der Waals surface area contributed by atoms with Crippen LogP contribution in [-0.4, -0.2) is 40.1 Å². The smallest absolute Gasteiger partial charge is 0.256 e. The van der Waals surface area contributed by atoms with Crippen molar-refractivity contribution in [1.82, 2.24) is 15.1 Å². The molecule has 1 aromatic rings. The van der Waals surface area contributed by atoms with Crippen LogP contribution in [-0.2, 0) is 6.42 Å².